The number of ether oxygens (including phenoxy) is 3. The van der Waals surface area contributed by atoms with Crippen molar-refractivity contribution in [2.75, 3.05) is 26.4 Å². The molecule has 0 aliphatic carbocycles. The number of amides is 4. The molecule has 4 amide bonds. The minimum atomic E-state index is -2.03. The molecule has 2 N–H and O–H groups in total. The van der Waals surface area contributed by atoms with Gasteiger partial charge in [0.2, 0.25) is 11.8 Å². The SMILES string of the molecule is CC(C)(C)[S+]([O-])N[C@@H](c1cc(O[C@@H]2CCOC2)ccc1F)[C@@H](F)CC1C(=O)NC(=O)N(C2CCOCC2)C1=O. The Hall–Kier alpha value is -2.32. The van der Waals surface area contributed by atoms with Gasteiger partial charge in [0.15, 0.2) is 0 Å². The van der Waals surface area contributed by atoms with Gasteiger partial charge in [-0.15, -0.1) is 4.72 Å². The summed E-state index contributed by atoms with van der Waals surface area (Å²) >= 11 is -1.83. The summed E-state index contributed by atoms with van der Waals surface area (Å²) < 4.78 is 62.6. The van der Waals surface area contributed by atoms with Gasteiger partial charge in [-0.25, -0.2) is 13.6 Å². The zero-order chi connectivity index (χ0) is 28.3. The number of hydrogen-bond donors (Lipinski definition) is 2. The van der Waals surface area contributed by atoms with Crippen LogP contribution in [0.1, 0.15) is 58.1 Å². The first-order chi connectivity index (χ1) is 18.5. The number of nitrogens with one attached hydrogen (secondary N) is 2. The van der Waals surface area contributed by atoms with Crippen LogP contribution in [0.2, 0.25) is 0 Å². The second kappa shape index (κ2) is 12.5. The monoisotopic (exact) mass is 571 g/mol. The predicted octanol–water partition coefficient (Wildman–Crippen LogP) is 2.69. The molecule has 216 valence electrons. The van der Waals surface area contributed by atoms with Crippen LogP contribution >= 0.6 is 0 Å². The van der Waals surface area contributed by atoms with Crippen LogP contribution in [-0.2, 0) is 30.4 Å². The number of halogens is 2. The zero-order valence-electron chi connectivity index (χ0n) is 22.2. The smallest absolute Gasteiger partial charge is 0.331 e. The molecule has 4 rings (SSSR count). The highest BCUT2D eigenvalue weighted by atomic mass is 32.2. The largest absolute Gasteiger partial charge is 0.598 e. The van der Waals surface area contributed by atoms with Gasteiger partial charge >= 0.3 is 6.03 Å². The lowest BCUT2D eigenvalue weighted by Gasteiger charge is -2.38. The van der Waals surface area contributed by atoms with Gasteiger partial charge in [0, 0.05) is 49.0 Å². The van der Waals surface area contributed by atoms with Crippen molar-refractivity contribution in [1.29, 1.82) is 0 Å². The molecule has 0 saturated carbocycles. The van der Waals surface area contributed by atoms with E-state index in [0.29, 0.717) is 45.7 Å². The molecule has 39 heavy (non-hydrogen) atoms. The standard InChI is InChI=1S/C26H35F2N3O7S/c1-26(2,3)39(35)30-22(18-12-16(4-5-20(18)27)38-17-8-11-37-14-17)21(28)13-19-23(32)29-25(34)31(24(19)33)15-6-9-36-10-7-15/h4-5,12,15,17,19,21-22,30H,6-11,13-14H2,1-3H3,(H,29,32,34)/t17-,19?,21+,22+,39?/m1/s1. The van der Waals surface area contributed by atoms with E-state index in [0.717, 1.165) is 11.0 Å². The van der Waals surface area contributed by atoms with Gasteiger partial charge in [-0.05, 0) is 51.8 Å². The van der Waals surface area contributed by atoms with Gasteiger partial charge in [-0.2, -0.15) is 0 Å². The fourth-order valence-electron chi connectivity index (χ4n) is 4.75. The third kappa shape index (κ3) is 7.07. The van der Waals surface area contributed by atoms with E-state index in [4.69, 9.17) is 14.2 Å². The van der Waals surface area contributed by atoms with Crippen LogP contribution in [0.5, 0.6) is 5.75 Å². The number of urea groups is 1. The zero-order valence-corrected chi connectivity index (χ0v) is 23.1. The molecule has 0 radical (unpaired) electrons. The summed E-state index contributed by atoms with van der Waals surface area (Å²) in [6.45, 7) is 6.62. The Balaban J connectivity index is 1.59. The van der Waals surface area contributed by atoms with Gasteiger partial charge in [0.25, 0.3) is 0 Å². The van der Waals surface area contributed by atoms with Gasteiger partial charge in [-0.1, -0.05) is 0 Å². The molecule has 1 aromatic rings. The first kappa shape index (κ1) is 29.7. The highest BCUT2D eigenvalue weighted by Gasteiger charge is 2.46. The summed E-state index contributed by atoms with van der Waals surface area (Å²) in [4.78, 5) is 39.4. The number of carbonyl (C=O) groups is 3. The average molecular weight is 572 g/mol. The van der Waals surface area contributed by atoms with E-state index in [1.165, 1.54) is 12.1 Å². The molecule has 3 aliphatic rings. The van der Waals surface area contributed by atoms with Crippen molar-refractivity contribution in [3.63, 3.8) is 0 Å². The molecular formula is C26H35F2N3O7S. The van der Waals surface area contributed by atoms with E-state index in [-0.39, 0.29) is 17.4 Å². The minimum absolute atomic E-state index is 0.155. The highest BCUT2D eigenvalue weighted by molar-refractivity contribution is 7.90. The van der Waals surface area contributed by atoms with Crippen molar-refractivity contribution >= 4 is 29.2 Å². The number of barbiturate groups is 1. The number of benzene rings is 1. The van der Waals surface area contributed by atoms with E-state index in [1.807, 2.05) is 0 Å². The maximum atomic E-state index is 16.1. The quantitative estimate of drug-likeness (QED) is 0.342. The summed E-state index contributed by atoms with van der Waals surface area (Å²) in [7, 11) is 0. The van der Waals surface area contributed by atoms with Crippen LogP contribution in [0.4, 0.5) is 13.6 Å². The van der Waals surface area contributed by atoms with Crippen LogP contribution in [0.3, 0.4) is 0 Å². The number of imide groups is 2. The van der Waals surface area contributed by atoms with Crippen molar-refractivity contribution in [3.8, 4) is 5.75 Å². The van der Waals surface area contributed by atoms with Crippen LogP contribution in [0.15, 0.2) is 18.2 Å². The first-order valence-corrected chi connectivity index (χ1v) is 14.2. The Labute approximate surface area is 229 Å². The second-order valence-corrected chi connectivity index (χ2v) is 12.9. The molecular weight excluding hydrogens is 536 g/mol. The molecule has 0 bridgehead atoms. The molecule has 3 aliphatic heterocycles. The fourth-order valence-corrected chi connectivity index (χ4v) is 5.61. The minimum Gasteiger partial charge on any atom is -0.598 e. The molecule has 3 saturated heterocycles. The van der Waals surface area contributed by atoms with E-state index >= 15 is 8.78 Å². The summed E-state index contributed by atoms with van der Waals surface area (Å²) in [5.41, 5.74) is -0.155. The van der Waals surface area contributed by atoms with Crippen molar-refractivity contribution in [2.24, 2.45) is 5.92 Å². The summed E-state index contributed by atoms with van der Waals surface area (Å²) in [6.07, 6.45) is -1.47. The van der Waals surface area contributed by atoms with Crippen molar-refractivity contribution < 1.29 is 41.9 Å². The third-order valence-corrected chi connectivity index (χ3v) is 8.54. The molecule has 10 nitrogen and oxygen atoms in total. The summed E-state index contributed by atoms with van der Waals surface area (Å²) in [6, 6.07) is 1.07. The Bertz CT molecular complexity index is 1060. The van der Waals surface area contributed by atoms with Crippen molar-refractivity contribution in [2.45, 2.75) is 75.6 Å². The normalized spacial score (nSPS) is 25.4. The molecule has 3 fully saturated rings. The van der Waals surface area contributed by atoms with Crippen molar-refractivity contribution in [1.82, 2.24) is 14.9 Å². The van der Waals surface area contributed by atoms with Crippen LogP contribution in [-0.4, -0.2) is 76.8 Å². The van der Waals surface area contributed by atoms with E-state index in [1.54, 1.807) is 20.8 Å². The fraction of sp³-hybridized carbons (Fsp3) is 0.654. The third-order valence-electron chi connectivity index (χ3n) is 6.96. The van der Waals surface area contributed by atoms with Gasteiger partial charge in [-0.3, -0.25) is 19.8 Å². The summed E-state index contributed by atoms with van der Waals surface area (Å²) in [5, 5.41) is 2.15. The van der Waals surface area contributed by atoms with Crippen LogP contribution in [0.25, 0.3) is 0 Å². The van der Waals surface area contributed by atoms with E-state index in [2.05, 4.69) is 10.0 Å². The number of rotatable bonds is 9. The lowest BCUT2D eigenvalue weighted by molar-refractivity contribution is -0.146. The first-order valence-electron chi connectivity index (χ1n) is 13.1. The number of alkyl halides is 1. The predicted molar refractivity (Wildman–Crippen MR) is 137 cm³/mol. The van der Waals surface area contributed by atoms with Crippen LogP contribution < -0.4 is 14.8 Å². The lowest BCUT2D eigenvalue weighted by atomic mass is 9.90. The summed E-state index contributed by atoms with van der Waals surface area (Å²) in [5.74, 6) is -3.75. The van der Waals surface area contributed by atoms with Gasteiger partial charge in [0.05, 0.1) is 13.2 Å². The maximum Gasteiger partial charge on any atom is 0.331 e. The molecule has 3 heterocycles. The number of hydrogen-bond acceptors (Lipinski definition) is 8. The number of carbonyl (C=O) groups excluding carboxylic acids is 3. The molecule has 0 spiro atoms. The average Bonchev–Trinajstić information content (AvgIpc) is 3.39. The van der Waals surface area contributed by atoms with Gasteiger partial charge < -0.3 is 18.8 Å². The lowest BCUT2D eigenvalue weighted by Crippen LogP contribution is -2.62. The molecule has 2 unspecified atom stereocenters. The Kier molecular flexibility index (Phi) is 9.48. The van der Waals surface area contributed by atoms with E-state index in [9.17, 15) is 18.9 Å². The Morgan fingerprint density at radius 3 is 2.51 bits per heavy atom. The van der Waals surface area contributed by atoms with E-state index < -0.39 is 70.4 Å². The molecule has 0 aromatic heterocycles. The van der Waals surface area contributed by atoms with Gasteiger partial charge in [0.1, 0.15) is 40.5 Å². The Morgan fingerprint density at radius 2 is 1.87 bits per heavy atom. The molecule has 1 aromatic carbocycles. The van der Waals surface area contributed by atoms with Crippen LogP contribution in [0, 0.1) is 11.7 Å². The number of nitrogens with zero attached hydrogens (tertiary/aromatic N) is 1. The highest BCUT2D eigenvalue weighted by Crippen LogP contribution is 2.34. The maximum absolute atomic E-state index is 16.1. The molecule has 13 heteroatoms. The molecule has 5 atom stereocenters. The van der Waals surface area contributed by atoms with Crippen molar-refractivity contribution in [3.05, 3.63) is 29.6 Å². The second-order valence-electron chi connectivity index (χ2n) is 10.9. The topological polar surface area (TPSA) is 129 Å². The Morgan fingerprint density at radius 1 is 1.18 bits per heavy atom.